The summed E-state index contributed by atoms with van der Waals surface area (Å²) in [6.07, 6.45) is 9.89. The second-order valence-electron chi connectivity index (χ2n) is 11.1. The van der Waals surface area contributed by atoms with Crippen molar-refractivity contribution in [3.8, 4) is 40.8 Å². The Bertz CT molecular complexity index is 2040. The van der Waals surface area contributed by atoms with Gasteiger partial charge in [-0.05, 0) is 46.9 Å². The van der Waals surface area contributed by atoms with Crippen molar-refractivity contribution in [3.05, 3.63) is 114 Å². The number of aromatic nitrogens is 4. The zero-order valence-corrected chi connectivity index (χ0v) is 23.5. The Morgan fingerprint density at radius 1 is 0.805 bits per heavy atom. The first-order valence-electron chi connectivity index (χ1n) is 14.2. The van der Waals surface area contributed by atoms with Crippen LogP contribution in [0.25, 0.3) is 55.8 Å². The predicted molar refractivity (Wildman–Crippen MR) is 169 cm³/mol. The van der Waals surface area contributed by atoms with Gasteiger partial charge < -0.3 is 0 Å². The smallest absolute Gasteiger partial charge is 0.238 e. The van der Waals surface area contributed by atoms with E-state index in [4.69, 9.17) is 21.4 Å². The molecule has 41 heavy (non-hydrogen) atoms. The summed E-state index contributed by atoms with van der Waals surface area (Å²) < 4.78 is 2.17. The van der Waals surface area contributed by atoms with Gasteiger partial charge in [-0.2, -0.15) is 9.97 Å². The van der Waals surface area contributed by atoms with Crippen LogP contribution in [0, 0.1) is 12.3 Å². The van der Waals surface area contributed by atoms with Crippen LogP contribution in [-0.4, -0.2) is 19.5 Å². The minimum atomic E-state index is -0.0874. The van der Waals surface area contributed by atoms with Crippen molar-refractivity contribution in [1.29, 1.82) is 0 Å². The molecule has 4 nitrogen and oxygen atoms in total. The first kappa shape index (κ1) is 25.0. The third-order valence-electron chi connectivity index (χ3n) is 8.26. The highest BCUT2D eigenvalue weighted by molar-refractivity contribution is 6.11. The molecule has 1 aliphatic rings. The van der Waals surface area contributed by atoms with Gasteiger partial charge in [0.05, 0.1) is 16.6 Å². The van der Waals surface area contributed by atoms with E-state index >= 15 is 0 Å². The van der Waals surface area contributed by atoms with Gasteiger partial charge >= 0.3 is 0 Å². The molecule has 0 bridgehead atoms. The molecule has 0 radical (unpaired) electrons. The number of nitrogens with zero attached hydrogens (tertiary/aromatic N) is 4. The Balaban J connectivity index is 1.56. The highest BCUT2D eigenvalue weighted by atomic mass is 15.2. The van der Waals surface area contributed by atoms with Gasteiger partial charge in [0.1, 0.15) is 0 Å². The number of para-hydroxylation sites is 1. The Morgan fingerprint density at radius 3 is 2.37 bits per heavy atom. The van der Waals surface area contributed by atoms with Gasteiger partial charge in [0.2, 0.25) is 5.95 Å². The van der Waals surface area contributed by atoms with E-state index in [2.05, 4.69) is 91.9 Å². The normalized spacial score (nSPS) is 13.8. The molecule has 4 aromatic carbocycles. The van der Waals surface area contributed by atoms with Crippen molar-refractivity contribution >= 4 is 27.4 Å². The maximum absolute atomic E-state index is 5.99. The molecule has 4 heteroatoms. The number of hydrogen-bond donors (Lipinski definition) is 0. The van der Waals surface area contributed by atoms with Gasteiger partial charge in [-0.15, -0.1) is 6.42 Å². The maximum atomic E-state index is 5.99. The summed E-state index contributed by atoms with van der Waals surface area (Å²) in [5, 5.41) is 2.35. The summed E-state index contributed by atoms with van der Waals surface area (Å²) >= 11 is 0. The van der Waals surface area contributed by atoms with E-state index in [-0.39, 0.29) is 5.41 Å². The summed E-state index contributed by atoms with van der Waals surface area (Å²) in [6, 6.07) is 31.9. The van der Waals surface area contributed by atoms with Crippen LogP contribution >= 0.6 is 0 Å². The van der Waals surface area contributed by atoms with E-state index in [9.17, 15) is 0 Å². The topological polar surface area (TPSA) is 43.6 Å². The fourth-order valence-electron chi connectivity index (χ4n) is 6.18. The third-order valence-corrected chi connectivity index (χ3v) is 8.26. The number of fused-ring (bicyclic) bond motifs is 6. The zero-order chi connectivity index (χ0) is 28.1. The van der Waals surface area contributed by atoms with Crippen molar-refractivity contribution in [2.24, 2.45) is 0 Å². The van der Waals surface area contributed by atoms with Crippen molar-refractivity contribution in [1.82, 2.24) is 19.5 Å². The van der Waals surface area contributed by atoms with Crippen LogP contribution in [0.1, 0.15) is 50.6 Å². The minimum absolute atomic E-state index is 0.0874. The first-order chi connectivity index (χ1) is 20.0. The van der Waals surface area contributed by atoms with Crippen LogP contribution in [0.2, 0.25) is 0 Å². The van der Waals surface area contributed by atoms with Crippen molar-refractivity contribution < 1.29 is 0 Å². The number of unbranched alkanes of at least 4 members (excludes halogenated alkanes) is 1. The minimum Gasteiger partial charge on any atom is -0.278 e. The molecule has 0 spiro atoms. The van der Waals surface area contributed by atoms with Crippen LogP contribution in [0.15, 0.2) is 97.1 Å². The predicted octanol–water partition coefficient (Wildman–Crippen LogP) is 8.76. The summed E-state index contributed by atoms with van der Waals surface area (Å²) in [5.74, 6) is 4.51. The van der Waals surface area contributed by atoms with Gasteiger partial charge in [-0.25, -0.2) is 4.98 Å². The third kappa shape index (κ3) is 3.89. The molecule has 7 rings (SSSR count). The van der Waals surface area contributed by atoms with Gasteiger partial charge in [0.15, 0.2) is 11.6 Å². The zero-order valence-electron chi connectivity index (χ0n) is 23.5. The standard InChI is InChI=1S/C37H30N4/c1-5-7-15-24(6-2)34-38-35(25-16-9-8-10-17-25)40-36(39-34)41-32-21-14-12-19-27(32)29-22-31-28(23-33(29)41)26-18-11-13-20-30(26)37(31,3)4/h2,8-23H,5,7H2,1,3-4H3/b24-15+. The molecular formula is C37H30N4. The molecule has 198 valence electrons. The summed E-state index contributed by atoms with van der Waals surface area (Å²) in [5.41, 5.74) is 8.86. The molecular weight excluding hydrogens is 500 g/mol. The van der Waals surface area contributed by atoms with E-state index in [1.807, 2.05) is 36.4 Å². The molecule has 0 atom stereocenters. The van der Waals surface area contributed by atoms with Gasteiger partial charge in [-0.3, -0.25) is 4.57 Å². The number of terminal acetylenes is 1. The largest absolute Gasteiger partial charge is 0.278 e. The fraction of sp³-hybridized carbons (Fsp3) is 0.162. The lowest BCUT2D eigenvalue weighted by Crippen LogP contribution is -2.14. The van der Waals surface area contributed by atoms with E-state index in [0.29, 0.717) is 23.2 Å². The van der Waals surface area contributed by atoms with Crippen LogP contribution in [0.4, 0.5) is 0 Å². The molecule has 1 aliphatic carbocycles. The highest BCUT2D eigenvalue weighted by Gasteiger charge is 2.36. The molecule has 0 aliphatic heterocycles. The molecule has 0 saturated carbocycles. The lowest BCUT2D eigenvalue weighted by Gasteiger charge is -2.21. The number of allylic oxidation sites excluding steroid dienone is 2. The molecule has 0 amide bonds. The molecule has 0 fully saturated rings. The van der Waals surface area contributed by atoms with E-state index in [1.54, 1.807) is 0 Å². The number of rotatable bonds is 5. The SMILES string of the molecule is C#C/C(=C\CCC)c1nc(-c2ccccc2)nc(-n2c3ccccc3c3cc4c(cc32)-c2ccccc2C4(C)C)n1. The number of hydrogen-bond acceptors (Lipinski definition) is 3. The highest BCUT2D eigenvalue weighted by Crippen LogP contribution is 2.50. The van der Waals surface area contributed by atoms with Crippen molar-refractivity contribution in [2.75, 3.05) is 0 Å². The Kier molecular flexibility index (Phi) is 5.83. The average Bonchev–Trinajstić information content (AvgIpc) is 3.45. The molecule has 6 aromatic rings. The maximum Gasteiger partial charge on any atom is 0.238 e. The van der Waals surface area contributed by atoms with Crippen LogP contribution < -0.4 is 0 Å². The Hall–Kier alpha value is -5.01. The van der Waals surface area contributed by atoms with Gasteiger partial charge in [0.25, 0.3) is 0 Å². The molecule has 0 saturated heterocycles. The molecule has 0 unspecified atom stereocenters. The second-order valence-corrected chi connectivity index (χ2v) is 11.1. The lowest BCUT2D eigenvalue weighted by molar-refractivity contribution is 0.661. The summed E-state index contributed by atoms with van der Waals surface area (Å²) in [6.45, 7) is 6.77. The first-order valence-corrected chi connectivity index (χ1v) is 14.2. The van der Waals surface area contributed by atoms with E-state index in [1.165, 1.54) is 33.0 Å². The molecule has 2 heterocycles. The summed E-state index contributed by atoms with van der Waals surface area (Å²) in [4.78, 5) is 14.9. The molecule has 0 N–H and O–H groups in total. The van der Waals surface area contributed by atoms with Crippen LogP contribution in [-0.2, 0) is 5.41 Å². The lowest BCUT2D eigenvalue weighted by atomic mass is 9.82. The van der Waals surface area contributed by atoms with Crippen molar-refractivity contribution in [2.45, 2.75) is 39.0 Å². The second kappa shape index (κ2) is 9.57. The monoisotopic (exact) mass is 530 g/mol. The Morgan fingerprint density at radius 2 is 1.56 bits per heavy atom. The fourth-order valence-corrected chi connectivity index (χ4v) is 6.18. The average molecular weight is 531 g/mol. The van der Waals surface area contributed by atoms with Crippen molar-refractivity contribution in [3.63, 3.8) is 0 Å². The van der Waals surface area contributed by atoms with Crippen LogP contribution in [0.5, 0.6) is 0 Å². The van der Waals surface area contributed by atoms with Gasteiger partial charge in [0, 0.05) is 21.8 Å². The Labute approximate surface area is 240 Å². The van der Waals surface area contributed by atoms with E-state index in [0.717, 1.165) is 29.4 Å². The number of benzene rings is 4. The van der Waals surface area contributed by atoms with Gasteiger partial charge in [-0.1, -0.05) is 112 Å². The van der Waals surface area contributed by atoms with Crippen LogP contribution in [0.3, 0.4) is 0 Å². The molecule has 2 aromatic heterocycles. The quantitative estimate of drug-likeness (QED) is 0.209. The van der Waals surface area contributed by atoms with E-state index < -0.39 is 0 Å². The summed E-state index contributed by atoms with van der Waals surface area (Å²) in [7, 11) is 0.